The molecule has 1 fully saturated rings. The number of aliphatic hydroxyl groups excluding tert-OH is 2. The number of nitrogens with zero attached hydrogens (tertiary/aromatic N) is 1. The fraction of sp³-hybridized carbons (Fsp3) is 0.562. The molecule has 2 aliphatic rings. The fourth-order valence-corrected chi connectivity index (χ4v) is 3.07. The van der Waals surface area contributed by atoms with Crippen molar-refractivity contribution in [3.8, 4) is 5.75 Å². The monoisotopic (exact) mass is 306 g/mol. The van der Waals surface area contributed by atoms with E-state index in [1.54, 1.807) is 6.92 Å². The number of nitrogens with one attached hydrogen (secondary N) is 1. The molecule has 1 amide bonds. The van der Waals surface area contributed by atoms with Crippen molar-refractivity contribution in [1.29, 1.82) is 0 Å². The first-order chi connectivity index (χ1) is 10.6. The predicted octanol–water partition coefficient (Wildman–Crippen LogP) is 0.724. The predicted molar refractivity (Wildman–Crippen MR) is 81.7 cm³/mol. The van der Waals surface area contributed by atoms with Gasteiger partial charge in [-0.1, -0.05) is 6.07 Å². The first kappa shape index (κ1) is 15.3. The molecule has 1 saturated heterocycles. The summed E-state index contributed by atoms with van der Waals surface area (Å²) in [4.78, 5) is 13.9. The van der Waals surface area contributed by atoms with Crippen LogP contribution >= 0.6 is 0 Å². The molecular formula is C16H22N2O4. The number of ether oxygens (including phenoxy) is 1. The standard InChI is InChI=1S/C16H22N2O4/c1-10-16(21)17-14-6-11(2-3-15(14)22-10)8-18-5-4-13(20)7-12(18)9-19/h2-3,6,10,12-13,19-20H,4-5,7-9H2,1H3,(H,17,21)/t10?,12-,13?/m1/s1. The smallest absolute Gasteiger partial charge is 0.265 e. The van der Waals surface area contributed by atoms with Gasteiger partial charge in [-0.25, -0.2) is 0 Å². The van der Waals surface area contributed by atoms with Crippen LogP contribution in [-0.4, -0.2) is 52.4 Å². The van der Waals surface area contributed by atoms with Crippen LogP contribution < -0.4 is 10.1 Å². The van der Waals surface area contributed by atoms with Crippen LogP contribution in [0.4, 0.5) is 5.69 Å². The number of carbonyl (C=O) groups is 1. The van der Waals surface area contributed by atoms with E-state index in [9.17, 15) is 15.0 Å². The van der Waals surface area contributed by atoms with Gasteiger partial charge in [0.2, 0.25) is 0 Å². The molecule has 22 heavy (non-hydrogen) atoms. The molecular weight excluding hydrogens is 284 g/mol. The van der Waals surface area contributed by atoms with Crippen molar-refractivity contribution in [3.63, 3.8) is 0 Å². The maximum absolute atomic E-state index is 11.7. The molecule has 0 bridgehead atoms. The van der Waals surface area contributed by atoms with Gasteiger partial charge in [-0.3, -0.25) is 9.69 Å². The van der Waals surface area contributed by atoms with Crippen molar-refractivity contribution >= 4 is 11.6 Å². The zero-order chi connectivity index (χ0) is 15.7. The van der Waals surface area contributed by atoms with E-state index < -0.39 is 6.10 Å². The number of piperidine rings is 1. The van der Waals surface area contributed by atoms with E-state index in [1.807, 2.05) is 18.2 Å². The van der Waals surface area contributed by atoms with Crippen LogP contribution in [0.2, 0.25) is 0 Å². The summed E-state index contributed by atoms with van der Waals surface area (Å²) in [5, 5.41) is 22.0. The summed E-state index contributed by atoms with van der Waals surface area (Å²) in [6.07, 6.45) is 0.518. The Morgan fingerprint density at radius 1 is 1.45 bits per heavy atom. The molecule has 3 N–H and O–H groups in total. The fourth-order valence-electron chi connectivity index (χ4n) is 3.07. The summed E-state index contributed by atoms with van der Waals surface area (Å²) in [5.74, 6) is 0.544. The SMILES string of the molecule is CC1Oc2ccc(CN3CCC(O)C[C@@H]3CO)cc2NC1=O. The largest absolute Gasteiger partial charge is 0.479 e. The van der Waals surface area contributed by atoms with Gasteiger partial charge in [0, 0.05) is 19.1 Å². The number of anilines is 1. The summed E-state index contributed by atoms with van der Waals surface area (Å²) < 4.78 is 5.55. The molecule has 2 aliphatic heterocycles. The van der Waals surface area contributed by atoms with E-state index in [0.29, 0.717) is 24.4 Å². The zero-order valence-corrected chi connectivity index (χ0v) is 12.7. The quantitative estimate of drug-likeness (QED) is 0.767. The molecule has 6 nitrogen and oxygen atoms in total. The number of benzene rings is 1. The van der Waals surface area contributed by atoms with Gasteiger partial charge in [-0.15, -0.1) is 0 Å². The van der Waals surface area contributed by atoms with Crippen LogP contribution in [0.1, 0.15) is 25.3 Å². The molecule has 2 heterocycles. The van der Waals surface area contributed by atoms with Gasteiger partial charge in [0.25, 0.3) is 5.91 Å². The number of carbonyl (C=O) groups excluding carboxylic acids is 1. The molecule has 1 aromatic rings. The van der Waals surface area contributed by atoms with Crippen LogP contribution in [0, 0.1) is 0 Å². The second-order valence-corrected chi connectivity index (χ2v) is 6.06. The summed E-state index contributed by atoms with van der Waals surface area (Å²) in [7, 11) is 0. The Hall–Kier alpha value is -1.63. The van der Waals surface area contributed by atoms with E-state index in [-0.39, 0.29) is 24.7 Å². The first-order valence-corrected chi connectivity index (χ1v) is 7.70. The van der Waals surface area contributed by atoms with Gasteiger partial charge in [-0.2, -0.15) is 0 Å². The third-order valence-corrected chi connectivity index (χ3v) is 4.38. The number of amides is 1. The highest BCUT2D eigenvalue weighted by molar-refractivity contribution is 5.97. The number of likely N-dealkylation sites (tertiary alicyclic amines) is 1. The Labute approximate surface area is 129 Å². The third kappa shape index (κ3) is 3.09. The normalized spacial score (nSPS) is 28.7. The third-order valence-electron chi connectivity index (χ3n) is 4.38. The van der Waals surface area contributed by atoms with Gasteiger partial charge in [0.05, 0.1) is 18.4 Å². The molecule has 6 heteroatoms. The summed E-state index contributed by atoms with van der Waals surface area (Å²) in [6.45, 7) is 3.19. The Bertz CT molecular complexity index is 563. The number of hydrogen-bond acceptors (Lipinski definition) is 5. The van der Waals surface area contributed by atoms with Crippen LogP contribution in [0.25, 0.3) is 0 Å². The number of rotatable bonds is 3. The molecule has 1 aromatic carbocycles. The second kappa shape index (κ2) is 6.24. The summed E-state index contributed by atoms with van der Waals surface area (Å²) in [6, 6.07) is 5.74. The molecule has 0 radical (unpaired) electrons. The lowest BCUT2D eigenvalue weighted by molar-refractivity contribution is -0.122. The molecule has 120 valence electrons. The van der Waals surface area contributed by atoms with Crippen molar-refractivity contribution in [2.45, 2.75) is 44.6 Å². The van der Waals surface area contributed by atoms with Crippen molar-refractivity contribution < 1.29 is 19.7 Å². The molecule has 2 unspecified atom stereocenters. The Kier molecular flexibility index (Phi) is 4.33. The molecule has 0 aliphatic carbocycles. The van der Waals surface area contributed by atoms with Crippen LogP contribution in [-0.2, 0) is 11.3 Å². The van der Waals surface area contributed by atoms with Crippen LogP contribution in [0.3, 0.4) is 0 Å². The Morgan fingerprint density at radius 3 is 3.05 bits per heavy atom. The maximum Gasteiger partial charge on any atom is 0.265 e. The molecule has 3 rings (SSSR count). The lowest BCUT2D eigenvalue weighted by Crippen LogP contribution is -2.45. The highest BCUT2D eigenvalue weighted by atomic mass is 16.5. The van der Waals surface area contributed by atoms with E-state index in [4.69, 9.17) is 4.74 Å². The Balaban J connectivity index is 1.73. The highest BCUT2D eigenvalue weighted by Crippen LogP contribution is 2.31. The van der Waals surface area contributed by atoms with Gasteiger partial charge in [0.1, 0.15) is 5.75 Å². The second-order valence-electron chi connectivity index (χ2n) is 6.06. The first-order valence-electron chi connectivity index (χ1n) is 7.70. The van der Waals surface area contributed by atoms with Gasteiger partial charge < -0.3 is 20.3 Å². The summed E-state index contributed by atoms with van der Waals surface area (Å²) >= 11 is 0. The number of fused-ring (bicyclic) bond motifs is 1. The average Bonchev–Trinajstić information content (AvgIpc) is 2.50. The molecule has 0 spiro atoms. The Morgan fingerprint density at radius 2 is 2.27 bits per heavy atom. The summed E-state index contributed by atoms with van der Waals surface area (Å²) in [5.41, 5.74) is 1.74. The van der Waals surface area contributed by atoms with E-state index in [2.05, 4.69) is 10.2 Å². The van der Waals surface area contributed by atoms with E-state index in [0.717, 1.165) is 18.5 Å². The van der Waals surface area contributed by atoms with Crippen molar-refractivity contribution in [1.82, 2.24) is 4.90 Å². The van der Waals surface area contributed by atoms with Crippen molar-refractivity contribution in [2.24, 2.45) is 0 Å². The van der Waals surface area contributed by atoms with E-state index in [1.165, 1.54) is 0 Å². The topological polar surface area (TPSA) is 82.0 Å². The molecule has 0 aromatic heterocycles. The van der Waals surface area contributed by atoms with Gasteiger partial charge >= 0.3 is 0 Å². The average molecular weight is 306 g/mol. The van der Waals surface area contributed by atoms with Crippen LogP contribution in [0.5, 0.6) is 5.75 Å². The lowest BCUT2D eigenvalue weighted by atomic mass is 9.99. The van der Waals surface area contributed by atoms with Gasteiger partial charge in [0.15, 0.2) is 6.10 Å². The van der Waals surface area contributed by atoms with Crippen molar-refractivity contribution in [3.05, 3.63) is 23.8 Å². The zero-order valence-electron chi connectivity index (χ0n) is 12.7. The molecule has 0 saturated carbocycles. The maximum atomic E-state index is 11.7. The number of hydrogen-bond donors (Lipinski definition) is 3. The van der Waals surface area contributed by atoms with E-state index >= 15 is 0 Å². The minimum absolute atomic E-state index is 0.0226. The van der Waals surface area contributed by atoms with Gasteiger partial charge in [-0.05, 0) is 37.5 Å². The number of aliphatic hydroxyl groups is 2. The van der Waals surface area contributed by atoms with Crippen LogP contribution in [0.15, 0.2) is 18.2 Å². The minimum Gasteiger partial charge on any atom is -0.479 e. The minimum atomic E-state index is -0.472. The highest BCUT2D eigenvalue weighted by Gasteiger charge is 2.28. The van der Waals surface area contributed by atoms with Crippen molar-refractivity contribution in [2.75, 3.05) is 18.5 Å². The molecule has 3 atom stereocenters. The lowest BCUT2D eigenvalue weighted by Gasteiger charge is -2.37.